The summed E-state index contributed by atoms with van der Waals surface area (Å²) < 4.78 is 26.5. The molecule has 0 aromatic heterocycles. The van der Waals surface area contributed by atoms with Crippen LogP contribution >= 0.6 is 34.8 Å². The Morgan fingerprint density at radius 3 is 2.06 bits per heavy atom. The van der Waals surface area contributed by atoms with Crippen LogP contribution in [0.3, 0.4) is 0 Å². The van der Waals surface area contributed by atoms with Gasteiger partial charge in [0.2, 0.25) is 21.8 Å². The molecule has 11 heteroatoms. The molecular weight excluding hydrogens is 545 g/mol. The molecule has 0 saturated carbocycles. The minimum Gasteiger partial charge on any atom is -0.352 e. The van der Waals surface area contributed by atoms with Gasteiger partial charge in [-0.25, -0.2) is 8.42 Å². The van der Waals surface area contributed by atoms with E-state index in [4.69, 9.17) is 34.8 Å². The van der Waals surface area contributed by atoms with Crippen molar-refractivity contribution in [3.8, 4) is 0 Å². The summed E-state index contributed by atoms with van der Waals surface area (Å²) in [7, 11) is -3.88. The van der Waals surface area contributed by atoms with Crippen LogP contribution < -0.4 is 9.62 Å². The van der Waals surface area contributed by atoms with Crippen molar-refractivity contribution in [2.45, 2.75) is 59.2 Å². The van der Waals surface area contributed by atoms with Crippen LogP contribution in [-0.2, 0) is 26.2 Å². The van der Waals surface area contributed by atoms with Gasteiger partial charge in [-0.15, -0.1) is 0 Å². The maximum absolute atomic E-state index is 13.8. The van der Waals surface area contributed by atoms with E-state index < -0.39 is 28.5 Å². The molecular formula is C25H32Cl3N3O4S. The Hall–Kier alpha value is -2.00. The number of carbonyl (C=O) groups excluding carboxylic acids is 2. The molecule has 7 nitrogen and oxygen atoms in total. The molecule has 2 aromatic rings. The molecule has 1 N–H and O–H groups in total. The van der Waals surface area contributed by atoms with Crippen molar-refractivity contribution in [1.29, 1.82) is 0 Å². The van der Waals surface area contributed by atoms with Gasteiger partial charge in [-0.2, -0.15) is 0 Å². The second kappa shape index (κ2) is 13.0. The Morgan fingerprint density at radius 1 is 0.972 bits per heavy atom. The molecule has 0 bridgehead atoms. The number of anilines is 1. The predicted molar refractivity (Wildman–Crippen MR) is 147 cm³/mol. The summed E-state index contributed by atoms with van der Waals surface area (Å²) >= 11 is 19.0. The summed E-state index contributed by atoms with van der Waals surface area (Å²) in [6.45, 7) is 6.66. The summed E-state index contributed by atoms with van der Waals surface area (Å²) in [5, 5.41) is 3.96. The molecule has 36 heavy (non-hydrogen) atoms. The van der Waals surface area contributed by atoms with Crippen LogP contribution in [-0.4, -0.2) is 50.0 Å². The van der Waals surface area contributed by atoms with Crippen molar-refractivity contribution < 1.29 is 18.0 Å². The van der Waals surface area contributed by atoms with Crippen LogP contribution in [0.25, 0.3) is 0 Å². The number of carbonyl (C=O) groups is 2. The third-order valence-corrected chi connectivity index (χ3v) is 8.21. The molecule has 0 fully saturated rings. The first-order valence-corrected chi connectivity index (χ1v) is 14.5. The van der Waals surface area contributed by atoms with Crippen LogP contribution in [0, 0.1) is 6.92 Å². The summed E-state index contributed by atoms with van der Waals surface area (Å²) in [5.74, 6) is -0.921. The van der Waals surface area contributed by atoms with Gasteiger partial charge in [0, 0.05) is 33.2 Å². The molecule has 2 unspecified atom stereocenters. The Balaban J connectivity index is 2.55. The van der Waals surface area contributed by atoms with E-state index in [1.54, 1.807) is 50.2 Å². The minimum absolute atomic E-state index is 0.0735. The first-order valence-electron chi connectivity index (χ1n) is 11.6. The van der Waals surface area contributed by atoms with E-state index >= 15 is 0 Å². The van der Waals surface area contributed by atoms with E-state index in [0.29, 0.717) is 39.0 Å². The Kier molecular flexibility index (Phi) is 10.9. The lowest BCUT2D eigenvalue weighted by Gasteiger charge is -2.34. The van der Waals surface area contributed by atoms with Crippen molar-refractivity contribution in [3.05, 3.63) is 62.6 Å². The van der Waals surface area contributed by atoms with Gasteiger partial charge in [0.25, 0.3) is 0 Å². The lowest BCUT2D eigenvalue weighted by molar-refractivity contribution is -0.140. The molecule has 2 aromatic carbocycles. The number of amides is 2. The molecule has 0 spiro atoms. The average Bonchev–Trinajstić information content (AvgIpc) is 2.80. The standard InChI is InChI=1S/C25H32Cl3N3O4S/c1-6-16(3)29-25(33)22(7-2)30(14-18-20(27)11-8-12-21(18)28)24(32)15-31(36(5,34)35)23-13-9-10-19(26)17(23)4/h8-13,16,22H,6-7,14-15H2,1-5H3,(H,29,33). The molecule has 2 rings (SSSR count). The summed E-state index contributed by atoms with van der Waals surface area (Å²) in [4.78, 5) is 28.3. The Labute approximate surface area is 228 Å². The third-order valence-electron chi connectivity index (χ3n) is 5.96. The van der Waals surface area contributed by atoms with Gasteiger partial charge in [-0.05, 0) is 56.5 Å². The number of nitrogens with one attached hydrogen (secondary N) is 1. The largest absolute Gasteiger partial charge is 0.352 e. The smallest absolute Gasteiger partial charge is 0.244 e. The topological polar surface area (TPSA) is 86.8 Å². The molecule has 0 aliphatic rings. The van der Waals surface area contributed by atoms with Crippen molar-refractivity contribution in [3.63, 3.8) is 0 Å². The maximum Gasteiger partial charge on any atom is 0.244 e. The van der Waals surface area contributed by atoms with Crippen molar-refractivity contribution in [2.75, 3.05) is 17.1 Å². The second-order valence-corrected chi connectivity index (χ2v) is 11.7. The number of nitrogens with zero attached hydrogens (tertiary/aromatic N) is 2. The molecule has 0 aliphatic carbocycles. The fourth-order valence-corrected chi connectivity index (χ4v) is 5.26. The second-order valence-electron chi connectivity index (χ2n) is 8.62. The van der Waals surface area contributed by atoms with E-state index in [2.05, 4.69) is 5.32 Å². The predicted octanol–water partition coefficient (Wildman–Crippen LogP) is 5.44. The highest BCUT2D eigenvalue weighted by molar-refractivity contribution is 7.92. The van der Waals surface area contributed by atoms with Crippen LogP contribution in [0.1, 0.15) is 44.7 Å². The fraction of sp³-hybridized carbons (Fsp3) is 0.440. The normalized spacial score (nSPS) is 13.1. The summed E-state index contributed by atoms with van der Waals surface area (Å²) in [5.41, 5.74) is 1.26. The number of hydrogen-bond acceptors (Lipinski definition) is 4. The molecule has 0 heterocycles. The highest BCUT2D eigenvalue weighted by atomic mass is 35.5. The van der Waals surface area contributed by atoms with Gasteiger partial charge >= 0.3 is 0 Å². The summed E-state index contributed by atoms with van der Waals surface area (Å²) in [6, 6.07) is 8.82. The van der Waals surface area contributed by atoms with E-state index in [0.717, 1.165) is 10.6 Å². The number of rotatable bonds is 11. The number of sulfonamides is 1. The van der Waals surface area contributed by atoms with E-state index in [1.165, 1.54) is 4.90 Å². The van der Waals surface area contributed by atoms with Crippen LogP contribution in [0.5, 0.6) is 0 Å². The van der Waals surface area contributed by atoms with Crippen LogP contribution in [0.2, 0.25) is 15.1 Å². The van der Waals surface area contributed by atoms with Gasteiger partial charge in [0.05, 0.1) is 11.9 Å². The molecule has 198 valence electrons. The Morgan fingerprint density at radius 2 is 1.53 bits per heavy atom. The van der Waals surface area contributed by atoms with E-state index in [1.807, 2.05) is 13.8 Å². The van der Waals surface area contributed by atoms with Crippen molar-refractivity contribution in [2.24, 2.45) is 0 Å². The monoisotopic (exact) mass is 575 g/mol. The van der Waals surface area contributed by atoms with Crippen LogP contribution in [0.15, 0.2) is 36.4 Å². The third kappa shape index (κ3) is 7.51. The number of hydrogen-bond donors (Lipinski definition) is 1. The van der Waals surface area contributed by atoms with E-state index in [-0.39, 0.29) is 24.2 Å². The number of halogens is 3. The van der Waals surface area contributed by atoms with E-state index in [9.17, 15) is 18.0 Å². The Bertz CT molecular complexity index is 1190. The zero-order chi connectivity index (χ0) is 27.2. The number of benzene rings is 2. The maximum atomic E-state index is 13.8. The molecule has 2 atom stereocenters. The van der Waals surface area contributed by atoms with Gasteiger partial charge in [0.1, 0.15) is 12.6 Å². The highest BCUT2D eigenvalue weighted by Crippen LogP contribution is 2.30. The zero-order valence-corrected chi connectivity index (χ0v) is 24.1. The summed E-state index contributed by atoms with van der Waals surface area (Å²) in [6.07, 6.45) is 2.02. The molecule has 0 saturated heterocycles. The first-order chi connectivity index (χ1) is 16.8. The molecule has 0 radical (unpaired) electrons. The highest BCUT2D eigenvalue weighted by Gasteiger charge is 2.33. The molecule has 2 amide bonds. The zero-order valence-electron chi connectivity index (χ0n) is 21.0. The van der Waals surface area contributed by atoms with Gasteiger partial charge < -0.3 is 10.2 Å². The van der Waals surface area contributed by atoms with Crippen molar-refractivity contribution in [1.82, 2.24) is 10.2 Å². The lowest BCUT2D eigenvalue weighted by Crippen LogP contribution is -2.53. The van der Waals surface area contributed by atoms with Gasteiger partial charge in [0.15, 0.2) is 0 Å². The van der Waals surface area contributed by atoms with Crippen molar-refractivity contribution >= 4 is 62.3 Å². The first kappa shape index (κ1) is 30.2. The van der Waals surface area contributed by atoms with Gasteiger partial charge in [-0.3, -0.25) is 13.9 Å². The van der Waals surface area contributed by atoms with Gasteiger partial charge in [-0.1, -0.05) is 60.8 Å². The van der Waals surface area contributed by atoms with Crippen LogP contribution in [0.4, 0.5) is 5.69 Å². The lowest BCUT2D eigenvalue weighted by atomic mass is 10.1. The quantitative estimate of drug-likeness (QED) is 0.386. The molecule has 0 aliphatic heterocycles. The fourth-order valence-electron chi connectivity index (χ4n) is 3.68. The minimum atomic E-state index is -3.88. The SMILES string of the molecule is CCC(C)NC(=O)C(CC)N(Cc1c(Cl)cccc1Cl)C(=O)CN(c1cccc(Cl)c1C)S(C)(=O)=O. The average molecular weight is 577 g/mol.